The number of furan rings is 1. The van der Waals surface area contributed by atoms with E-state index in [1.54, 1.807) is 31.2 Å². The third kappa shape index (κ3) is 4.30. The van der Waals surface area contributed by atoms with E-state index in [4.69, 9.17) is 9.15 Å². The number of carbonyl (C=O) groups excluding carboxylic acids is 2. The molecule has 0 aliphatic carbocycles. The van der Waals surface area contributed by atoms with Crippen molar-refractivity contribution < 1.29 is 18.7 Å². The summed E-state index contributed by atoms with van der Waals surface area (Å²) in [5.41, 5.74) is 0.514. The van der Waals surface area contributed by atoms with Gasteiger partial charge in [0.2, 0.25) is 5.91 Å². The fourth-order valence-corrected chi connectivity index (χ4v) is 2.26. The minimum atomic E-state index is -0.752. The second-order valence-corrected chi connectivity index (χ2v) is 5.57. The van der Waals surface area contributed by atoms with Gasteiger partial charge in [-0.25, -0.2) is 0 Å². The number of hydrogen-bond acceptors (Lipinski definition) is 4. The average Bonchev–Trinajstić information content (AvgIpc) is 3.19. The van der Waals surface area contributed by atoms with Crippen LogP contribution < -0.4 is 15.4 Å². The molecule has 0 saturated carbocycles. The van der Waals surface area contributed by atoms with Gasteiger partial charge >= 0.3 is 0 Å². The highest BCUT2D eigenvalue weighted by Gasteiger charge is 2.19. The van der Waals surface area contributed by atoms with Crippen molar-refractivity contribution >= 4 is 17.5 Å². The monoisotopic (exact) mass is 350 g/mol. The molecule has 3 aromatic rings. The van der Waals surface area contributed by atoms with Gasteiger partial charge in [-0.3, -0.25) is 9.59 Å². The molecular weight excluding hydrogens is 332 g/mol. The van der Waals surface area contributed by atoms with E-state index in [2.05, 4.69) is 10.6 Å². The number of carbonyl (C=O) groups is 2. The van der Waals surface area contributed by atoms with Crippen molar-refractivity contribution in [1.82, 2.24) is 5.32 Å². The van der Waals surface area contributed by atoms with E-state index in [0.29, 0.717) is 17.2 Å². The molecular formula is C20H18N2O4. The molecule has 2 aromatic carbocycles. The second kappa shape index (κ2) is 8.02. The molecule has 0 bridgehead atoms. The molecule has 0 saturated heterocycles. The summed E-state index contributed by atoms with van der Waals surface area (Å²) in [6.45, 7) is 1.59. The summed E-state index contributed by atoms with van der Waals surface area (Å²) in [5, 5.41) is 5.36. The number of ether oxygens (including phenoxy) is 1. The van der Waals surface area contributed by atoms with E-state index in [1.807, 2.05) is 36.4 Å². The number of hydrogen-bond donors (Lipinski definition) is 2. The molecule has 2 N–H and O–H groups in total. The molecule has 0 spiro atoms. The van der Waals surface area contributed by atoms with Crippen molar-refractivity contribution in [2.45, 2.75) is 13.0 Å². The first-order valence-electron chi connectivity index (χ1n) is 8.10. The molecule has 6 nitrogen and oxygen atoms in total. The van der Waals surface area contributed by atoms with Crippen LogP contribution in [0.2, 0.25) is 0 Å². The molecule has 2 amide bonds. The number of amides is 2. The summed E-state index contributed by atoms with van der Waals surface area (Å²) < 4.78 is 10.8. The summed E-state index contributed by atoms with van der Waals surface area (Å²) >= 11 is 0. The molecule has 3 rings (SSSR count). The summed E-state index contributed by atoms with van der Waals surface area (Å²) in [5.74, 6) is 0.503. The Balaban J connectivity index is 1.66. The Hall–Kier alpha value is -3.54. The fraction of sp³-hybridized carbons (Fsp3) is 0.100. The van der Waals surface area contributed by atoms with Crippen LogP contribution in [0.25, 0.3) is 0 Å². The fourth-order valence-electron chi connectivity index (χ4n) is 2.26. The number of anilines is 1. The van der Waals surface area contributed by atoms with Crippen LogP contribution in [0.3, 0.4) is 0 Å². The van der Waals surface area contributed by atoms with Gasteiger partial charge in [-0.2, -0.15) is 0 Å². The van der Waals surface area contributed by atoms with Crippen molar-refractivity contribution in [2.24, 2.45) is 0 Å². The average molecular weight is 350 g/mol. The minimum Gasteiger partial charge on any atom is -0.459 e. The molecule has 132 valence electrons. The van der Waals surface area contributed by atoms with E-state index in [0.717, 1.165) is 0 Å². The highest BCUT2D eigenvalue weighted by Crippen LogP contribution is 2.29. The highest BCUT2D eigenvalue weighted by molar-refractivity contribution is 6.00. The standard InChI is InChI=1S/C20H18N2O4/c1-14(21-20(24)18-12-7-13-25-18)19(23)22-16-10-5-6-11-17(16)26-15-8-3-2-4-9-15/h2-14H,1H3,(H,21,24)(H,22,23). The van der Waals surface area contributed by atoms with Crippen LogP contribution in [0.5, 0.6) is 11.5 Å². The third-order valence-corrected chi connectivity index (χ3v) is 3.60. The van der Waals surface area contributed by atoms with Gasteiger partial charge in [0.15, 0.2) is 11.5 Å². The van der Waals surface area contributed by atoms with Crippen molar-refractivity contribution in [2.75, 3.05) is 5.32 Å². The Bertz CT molecular complexity index is 876. The zero-order valence-corrected chi connectivity index (χ0v) is 14.1. The Labute approximate surface area is 150 Å². The SMILES string of the molecule is CC(NC(=O)c1ccco1)C(=O)Nc1ccccc1Oc1ccccc1. The lowest BCUT2D eigenvalue weighted by Crippen LogP contribution is -2.41. The topological polar surface area (TPSA) is 80.6 Å². The summed E-state index contributed by atoms with van der Waals surface area (Å²) in [6, 6.07) is 18.8. The first-order valence-corrected chi connectivity index (χ1v) is 8.10. The Morgan fingerprint density at radius 1 is 0.962 bits per heavy atom. The lowest BCUT2D eigenvalue weighted by Gasteiger charge is -2.16. The van der Waals surface area contributed by atoms with E-state index in [-0.39, 0.29) is 11.7 Å². The Kier molecular flexibility index (Phi) is 5.34. The molecule has 0 aliphatic heterocycles. The van der Waals surface area contributed by atoms with Gasteiger partial charge in [0.1, 0.15) is 11.8 Å². The third-order valence-electron chi connectivity index (χ3n) is 3.60. The van der Waals surface area contributed by atoms with E-state index < -0.39 is 11.9 Å². The number of para-hydroxylation sites is 3. The number of rotatable bonds is 6. The maximum absolute atomic E-state index is 12.4. The van der Waals surface area contributed by atoms with Crippen molar-refractivity contribution in [3.8, 4) is 11.5 Å². The first-order chi connectivity index (χ1) is 12.6. The molecule has 0 fully saturated rings. The van der Waals surface area contributed by atoms with E-state index >= 15 is 0 Å². The highest BCUT2D eigenvalue weighted by atomic mass is 16.5. The molecule has 0 radical (unpaired) electrons. The Morgan fingerprint density at radius 3 is 2.42 bits per heavy atom. The molecule has 6 heteroatoms. The van der Waals surface area contributed by atoms with Crippen molar-refractivity contribution in [3.63, 3.8) is 0 Å². The van der Waals surface area contributed by atoms with E-state index in [1.165, 1.54) is 12.3 Å². The van der Waals surface area contributed by atoms with Gasteiger partial charge in [-0.15, -0.1) is 0 Å². The largest absolute Gasteiger partial charge is 0.459 e. The zero-order valence-electron chi connectivity index (χ0n) is 14.1. The molecule has 1 heterocycles. The van der Waals surface area contributed by atoms with Gasteiger partial charge in [-0.05, 0) is 43.3 Å². The van der Waals surface area contributed by atoms with Crippen molar-refractivity contribution in [1.29, 1.82) is 0 Å². The predicted molar refractivity (Wildman–Crippen MR) is 97.2 cm³/mol. The van der Waals surface area contributed by atoms with Gasteiger partial charge in [0.05, 0.1) is 12.0 Å². The van der Waals surface area contributed by atoms with Crippen LogP contribution in [0.1, 0.15) is 17.5 Å². The van der Waals surface area contributed by atoms with Crippen LogP contribution in [-0.2, 0) is 4.79 Å². The van der Waals surface area contributed by atoms with Crippen LogP contribution in [-0.4, -0.2) is 17.9 Å². The van der Waals surface area contributed by atoms with Gasteiger partial charge < -0.3 is 19.8 Å². The van der Waals surface area contributed by atoms with Crippen LogP contribution in [0, 0.1) is 0 Å². The van der Waals surface area contributed by atoms with E-state index in [9.17, 15) is 9.59 Å². The first kappa shape index (κ1) is 17.3. The maximum Gasteiger partial charge on any atom is 0.287 e. The summed E-state index contributed by atoms with van der Waals surface area (Å²) in [4.78, 5) is 24.4. The van der Waals surface area contributed by atoms with Crippen LogP contribution >= 0.6 is 0 Å². The van der Waals surface area contributed by atoms with Gasteiger partial charge in [0.25, 0.3) is 5.91 Å². The van der Waals surface area contributed by atoms with Gasteiger partial charge in [-0.1, -0.05) is 30.3 Å². The van der Waals surface area contributed by atoms with Crippen molar-refractivity contribution in [3.05, 3.63) is 78.8 Å². The summed E-state index contributed by atoms with van der Waals surface area (Å²) in [7, 11) is 0. The Morgan fingerprint density at radius 2 is 1.69 bits per heavy atom. The molecule has 0 aliphatic rings. The van der Waals surface area contributed by atoms with Crippen LogP contribution in [0.15, 0.2) is 77.4 Å². The molecule has 1 atom stereocenters. The second-order valence-electron chi connectivity index (χ2n) is 5.57. The quantitative estimate of drug-likeness (QED) is 0.708. The zero-order chi connectivity index (χ0) is 18.4. The molecule has 1 aromatic heterocycles. The lowest BCUT2D eigenvalue weighted by atomic mass is 10.2. The lowest BCUT2D eigenvalue weighted by molar-refractivity contribution is -0.117. The maximum atomic E-state index is 12.4. The predicted octanol–water partition coefficient (Wildman–Crippen LogP) is 3.83. The summed E-state index contributed by atoms with van der Waals surface area (Å²) in [6.07, 6.45) is 1.40. The van der Waals surface area contributed by atoms with Gasteiger partial charge in [0, 0.05) is 0 Å². The molecule has 26 heavy (non-hydrogen) atoms. The smallest absolute Gasteiger partial charge is 0.287 e. The molecule has 1 unspecified atom stereocenters. The number of benzene rings is 2. The number of nitrogens with one attached hydrogen (secondary N) is 2. The van der Waals surface area contributed by atoms with Crippen LogP contribution in [0.4, 0.5) is 5.69 Å². The minimum absolute atomic E-state index is 0.150. The normalized spacial score (nSPS) is 11.4.